The van der Waals surface area contributed by atoms with Crippen LogP contribution in [-0.4, -0.2) is 10.9 Å². The van der Waals surface area contributed by atoms with Crippen LogP contribution < -0.4 is 5.32 Å². The molecule has 0 unspecified atom stereocenters. The van der Waals surface area contributed by atoms with Crippen molar-refractivity contribution in [3.05, 3.63) is 65.9 Å². The van der Waals surface area contributed by atoms with Crippen molar-refractivity contribution in [3.8, 4) is 0 Å². The number of aromatic nitrogens is 1. The van der Waals surface area contributed by atoms with Crippen molar-refractivity contribution in [2.24, 2.45) is 0 Å². The molecule has 1 heterocycles. The normalized spacial score (nSPS) is 11.6. The molecule has 0 bridgehead atoms. The van der Waals surface area contributed by atoms with Gasteiger partial charge >= 0.3 is 0 Å². The Kier molecular flexibility index (Phi) is 3.49. The fourth-order valence-electron chi connectivity index (χ4n) is 2.51. The van der Waals surface area contributed by atoms with Crippen LogP contribution in [0.5, 0.6) is 0 Å². The van der Waals surface area contributed by atoms with Crippen molar-refractivity contribution >= 4 is 22.5 Å². The number of amides is 1. The van der Waals surface area contributed by atoms with Gasteiger partial charge in [0, 0.05) is 22.8 Å². The van der Waals surface area contributed by atoms with Gasteiger partial charge in [0.15, 0.2) is 0 Å². The molecule has 22 heavy (non-hydrogen) atoms. The lowest BCUT2D eigenvalue weighted by atomic mass is 9.87. The molecule has 0 radical (unpaired) electrons. The quantitative estimate of drug-likeness (QED) is 0.705. The van der Waals surface area contributed by atoms with Gasteiger partial charge in [0.1, 0.15) is 0 Å². The average molecular weight is 292 g/mol. The standard InChI is InChI=1S/C19H20N2O/c1-19(2,3)13-8-10-14(11-9-13)21-18(22)16-12-20-17-7-5-4-6-15(16)17/h4-12,20H,1-3H3,(H,21,22). The smallest absolute Gasteiger partial charge is 0.257 e. The number of carbonyl (C=O) groups excluding carboxylic acids is 1. The van der Waals surface area contributed by atoms with E-state index in [0.717, 1.165) is 16.6 Å². The van der Waals surface area contributed by atoms with E-state index < -0.39 is 0 Å². The van der Waals surface area contributed by atoms with Gasteiger partial charge in [0.25, 0.3) is 5.91 Å². The highest BCUT2D eigenvalue weighted by atomic mass is 16.1. The number of carbonyl (C=O) groups is 1. The lowest BCUT2D eigenvalue weighted by Crippen LogP contribution is -2.13. The molecule has 112 valence electrons. The monoisotopic (exact) mass is 292 g/mol. The van der Waals surface area contributed by atoms with Crippen molar-refractivity contribution in [3.63, 3.8) is 0 Å². The highest BCUT2D eigenvalue weighted by Crippen LogP contribution is 2.24. The van der Waals surface area contributed by atoms with Crippen LogP contribution in [0.3, 0.4) is 0 Å². The highest BCUT2D eigenvalue weighted by Gasteiger charge is 2.14. The minimum atomic E-state index is -0.0963. The fourth-order valence-corrected chi connectivity index (χ4v) is 2.51. The molecule has 2 aromatic carbocycles. The van der Waals surface area contributed by atoms with E-state index in [1.165, 1.54) is 5.56 Å². The number of para-hydroxylation sites is 1. The van der Waals surface area contributed by atoms with Crippen LogP contribution >= 0.6 is 0 Å². The molecule has 0 aliphatic carbocycles. The minimum absolute atomic E-state index is 0.0963. The summed E-state index contributed by atoms with van der Waals surface area (Å²) in [5, 5.41) is 3.89. The van der Waals surface area contributed by atoms with Gasteiger partial charge in [0.05, 0.1) is 5.56 Å². The molecular formula is C19H20N2O. The van der Waals surface area contributed by atoms with Crippen LogP contribution in [0.4, 0.5) is 5.69 Å². The zero-order valence-corrected chi connectivity index (χ0v) is 13.1. The predicted octanol–water partition coefficient (Wildman–Crippen LogP) is 4.72. The first-order chi connectivity index (χ1) is 10.4. The Morgan fingerprint density at radius 1 is 1.00 bits per heavy atom. The second kappa shape index (κ2) is 5.34. The Morgan fingerprint density at radius 3 is 2.36 bits per heavy atom. The molecule has 3 rings (SSSR count). The molecule has 0 saturated heterocycles. The summed E-state index contributed by atoms with van der Waals surface area (Å²) in [4.78, 5) is 15.6. The molecule has 0 aliphatic heterocycles. The summed E-state index contributed by atoms with van der Waals surface area (Å²) < 4.78 is 0. The van der Waals surface area contributed by atoms with E-state index in [2.05, 4.69) is 43.2 Å². The molecule has 0 aliphatic rings. The van der Waals surface area contributed by atoms with E-state index in [1.807, 2.05) is 36.4 Å². The molecule has 2 N–H and O–H groups in total. The predicted molar refractivity (Wildman–Crippen MR) is 91.4 cm³/mol. The number of H-pyrrole nitrogens is 1. The SMILES string of the molecule is CC(C)(C)c1ccc(NC(=O)c2c[nH]c3ccccc23)cc1. The second-order valence-corrected chi connectivity index (χ2v) is 6.53. The van der Waals surface area contributed by atoms with Crippen molar-refractivity contribution in [2.75, 3.05) is 5.32 Å². The second-order valence-electron chi connectivity index (χ2n) is 6.53. The number of fused-ring (bicyclic) bond motifs is 1. The largest absolute Gasteiger partial charge is 0.360 e. The molecule has 1 aromatic heterocycles. The van der Waals surface area contributed by atoms with Gasteiger partial charge in [-0.25, -0.2) is 0 Å². The van der Waals surface area contributed by atoms with Gasteiger partial charge in [-0.15, -0.1) is 0 Å². The van der Waals surface area contributed by atoms with Gasteiger partial charge in [-0.1, -0.05) is 51.1 Å². The molecule has 3 aromatic rings. The van der Waals surface area contributed by atoms with Gasteiger partial charge in [-0.2, -0.15) is 0 Å². The number of rotatable bonds is 2. The molecule has 3 heteroatoms. The Hall–Kier alpha value is -2.55. The summed E-state index contributed by atoms with van der Waals surface area (Å²) in [6.07, 6.45) is 1.75. The number of anilines is 1. The van der Waals surface area contributed by atoms with Crippen LogP contribution in [-0.2, 0) is 5.41 Å². The fraction of sp³-hybridized carbons (Fsp3) is 0.211. The van der Waals surface area contributed by atoms with Gasteiger partial charge in [-0.3, -0.25) is 4.79 Å². The first kappa shape index (κ1) is 14.4. The van der Waals surface area contributed by atoms with E-state index in [1.54, 1.807) is 6.20 Å². The lowest BCUT2D eigenvalue weighted by molar-refractivity contribution is 0.102. The third kappa shape index (κ3) is 2.75. The maximum absolute atomic E-state index is 12.4. The number of hydrogen-bond donors (Lipinski definition) is 2. The van der Waals surface area contributed by atoms with Crippen LogP contribution in [0.1, 0.15) is 36.7 Å². The summed E-state index contributed by atoms with van der Waals surface area (Å²) >= 11 is 0. The number of aromatic amines is 1. The van der Waals surface area contributed by atoms with Crippen molar-refractivity contribution in [1.82, 2.24) is 4.98 Å². The first-order valence-electron chi connectivity index (χ1n) is 7.43. The molecular weight excluding hydrogens is 272 g/mol. The van der Waals surface area contributed by atoms with Crippen molar-refractivity contribution < 1.29 is 4.79 Å². The Bertz CT molecular complexity index is 807. The zero-order chi connectivity index (χ0) is 15.7. The summed E-state index contributed by atoms with van der Waals surface area (Å²) in [6.45, 7) is 6.52. The average Bonchev–Trinajstić information content (AvgIpc) is 2.91. The van der Waals surface area contributed by atoms with Crippen LogP contribution in [0.25, 0.3) is 10.9 Å². The molecule has 1 amide bonds. The number of hydrogen-bond acceptors (Lipinski definition) is 1. The van der Waals surface area contributed by atoms with Gasteiger partial charge in [0.2, 0.25) is 0 Å². The summed E-state index contributed by atoms with van der Waals surface area (Å²) in [6, 6.07) is 15.8. The van der Waals surface area contributed by atoms with Crippen LogP contribution in [0.2, 0.25) is 0 Å². The highest BCUT2D eigenvalue weighted by molar-refractivity contribution is 6.12. The summed E-state index contributed by atoms with van der Waals surface area (Å²) in [5.41, 5.74) is 3.80. The van der Waals surface area contributed by atoms with E-state index >= 15 is 0 Å². The maximum atomic E-state index is 12.4. The van der Waals surface area contributed by atoms with Gasteiger partial charge < -0.3 is 10.3 Å². The molecule has 0 atom stereocenters. The number of nitrogens with one attached hydrogen (secondary N) is 2. The Labute approximate surface area is 130 Å². The Morgan fingerprint density at radius 2 is 1.68 bits per heavy atom. The topological polar surface area (TPSA) is 44.9 Å². The lowest BCUT2D eigenvalue weighted by Gasteiger charge is -2.19. The van der Waals surface area contributed by atoms with Crippen molar-refractivity contribution in [2.45, 2.75) is 26.2 Å². The van der Waals surface area contributed by atoms with Crippen LogP contribution in [0.15, 0.2) is 54.7 Å². The van der Waals surface area contributed by atoms with Crippen LogP contribution in [0, 0.1) is 0 Å². The zero-order valence-electron chi connectivity index (χ0n) is 13.1. The van der Waals surface area contributed by atoms with E-state index in [-0.39, 0.29) is 11.3 Å². The summed E-state index contributed by atoms with van der Waals surface area (Å²) in [7, 11) is 0. The number of benzene rings is 2. The van der Waals surface area contributed by atoms with E-state index in [0.29, 0.717) is 5.56 Å². The van der Waals surface area contributed by atoms with Gasteiger partial charge in [-0.05, 0) is 29.2 Å². The third-order valence-electron chi connectivity index (χ3n) is 3.84. The molecule has 0 saturated carbocycles. The summed E-state index contributed by atoms with van der Waals surface area (Å²) in [5.74, 6) is -0.0963. The first-order valence-corrected chi connectivity index (χ1v) is 7.43. The molecule has 3 nitrogen and oxygen atoms in total. The van der Waals surface area contributed by atoms with E-state index in [4.69, 9.17) is 0 Å². The minimum Gasteiger partial charge on any atom is -0.360 e. The van der Waals surface area contributed by atoms with E-state index in [9.17, 15) is 4.79 Å². The molecule has 0 fully saturated rings. The molecule has 0 spiro atoms. The maximum Gasteiger partial charge on any atom is 0.257 e. The third-order valence-corrected chi connectivity index (χ3v) is 3.84. The Balaban J connectivity index is 1.82. The van der Waals surface area contributed by atoms with Crippen molar-refractivity contribution in [1.29, 1.82) is 0 Å².